The summed E-state index contributed by atoms with van der Waals surface area (Å²) in [6.07, 6.45) is 1.58. The van der Waals surface area contributed by atoms with Crippen LogP contribution in [0.25, 0.3) is 0 Å². The average Bonchev–Trinajstić information content (AvgIpc) is 2.47. The molecule has 0 aliphatic rings. The van der Waals surface area contributed by atoms with Gasteiger partial charge >= 0.3 is 0 Å². The number of hydrogen-bond donors (Lipinski definition) is 0. The molecule has 2 rings (SSSR count). The zero-order valence-corrected chi connectivity index (χ0v) is 11.0. The molecule has 2 heteroatoms. The Morgan fingerprint density at radius 1 is 0.889 bits per heavy atom. The van der Waals surface area contributed by atoms with Gasteiger partial charge in [0.05, 0.1) is 0 Å². The molecule has 0 radical (unpaired) electrons. The second-order valence-corrected chi connectivity index (χ2v) is 6.80. The topological polar surface area (TPSA) is 17.1 Å². The SMILES string of the molecule is C=CC(=C)P(=O)(c1ccccc1)c1ccccc1. The summed E-state index contributed by atoms with van der Waals surface area (Å²) in [5, 5.41) is 2.15. The molecule has 0 heterocycles. The molecule has 2 aromatic carbocycles. The lowest BCUT2D eigenvalue weighted by Crippen LogP contribution is -2.16. The largest absolute Gasteiger partial charge is 0.309 e. The molecule has 1 nitrogen and oxygen atoms in total. The number of rotatable bonds is 4. The van der Waals surface area contributed by atoms with E-state index in [-0.39, 0.29) is 0 Å². The van der Waals surface area contributed by atoms with Gasteiger partial charge in [-0.25, -0.2) is 0 Å². The Balaban J connectivity index is 2.67. The van der Waals surface area contributed by atoms with Crippen LogP contribution in [0.3, 0.4) is 0 Å². The van der Waals surface area contributed by atoms with Gasteiger partial charge in [-0.05, 0) is 0 Å². The van der Waals surface area contributed by atoms with Crippen LogP contribution in [0.15, 0.2) is 85.2 Å². The third-order valence-electron chi connectivity index (χ3n) is 2.88. The summed E-state index contributed by atoms with van der Waals surface area (Å²) in [5.74, 6) is 0. The fourth-order valence-electron chi connectivity index (χ4n) is 1.89. The zero-order valence-electron chi connectivity index (χ0n) is 10.1. The smallest absolute Gasteiger partial charge is 0.170 e. The van der Waals surface area contributed by atoms with Crippen molar-refractivity contribution >= 4 is 17.8 Å². The van der Waals surface area contributed by atoms with Crippen LogP contribution in [-0.4, -0.2) is 0 Å². The zero-order chi connectivity index (χ0) is 13.0. The summed E-state index contributed by atoms with van der Waals surface area (Å²) in [7, 11) is -2.83. The Bertz CT molecular complexity index is 556. The lowest BCUT2D eigenvalue weighted by molar-refractivity contribution is 0.591. The molecule has 0 N–H and O–H groups in total. The van der Waals surface area contributed by atoms with Gasteiger partial charge in [0.1, 0.15) is 0 Å². The fraction of sp³-hybridized carbons (Fsp3) is 0. The minimum Gasteiger partial charge on any atom is -0.309 e. The van der Waals surface area contributed by atoms with Gasteiger partial charge in [0.15, 0.2) is 7.14 Å². The molecule has 0 amide bonds. The van der Waals surface area contributed by atoms with Gasteiger partial charge in [0.2, 0.25) is 0 Å². The first-order valence-corrected chi connectivity index (χ1v) is 7.43. The first-order valence-electron chi connectivity index (χ1n) is 5.73. The summed E-state index contributed by atoms with van der Waals surface area (Å²) >= 11 is 0. The summed E-state index contributed by atoms with van der Waals surface area (Å²) in [4.78, 5) is 0. The van der Waals surface area contributed by atoms with Crippen LogP contribution in [-0.2, 0) is 4.57 Å². The van der Waals surface area contributed by atoms with Crippen molar-refractivity contribution in [3.63, 3.8) is 0 Å². The summed E-state index contributed by atoms with van der Waals surface area (Å²) in [6, 6.07) is 18.9. The van der Waals surface area contributed by atoms with E-state index in [9.17, 15) is 4.57 Å². The molecule has 0 aromatic heterocycles. The molecular formula is C16H15OP. The Labute approximate surface area is 108 Å². The van der Waals surface area contributed by atoms with Crippen LogP contribution < -0.4 is 10.6 Å². The summed E-state index contributed by atoms with van der Waals surface area (Å²) in [5.41, 5.74) is 0. The maximum atomic E-state index is 13.4. The van der Waals surface area contributed by atoms with Gasteiger partial charge in [-0.3, -0.25) is 0 Å². The van der Waals surface area contributed by atoms with Crippen LogP contribution in [0, 0.1) is 0 Å². The minimum atomic E-state index is -2.83. The number of hydrogen-bond acceptors (Lipinski definition) is 1. The molecule has 18 heavy (non-hydrogen) atoms. The predicted octanol–water partition coefficient (Wildman–Crippen LogP) is 3.70. The van der Waals surface area contributed by atoms with Gasteiger partial charge < -0.3 is 4.57 Å². The van der Waals surface area contributed by atoms with Gasteiger partial charge in [0.25, 0.3) is 0 Å². The van der Waals surface area contributed by atoms with Gasteiger partial charge in [-0.15, -0.1) is 0 Å². The van der Waals surface area contributed by atoms with Crippen molar-refractivity contribution in [2.45, 2.75) is 0 Å². The molecule has 0 aliphatic heterocycles. The maximum Gasteiger partial charge on any atom is 0.170 e. The monoisotopic (exact) mass is 254 g/mol. The highest BCUT2D eigenvalue weighted by Gasteiger charge is 2.28. The third kappa shape index (κ3) is 2.10. The molecule has 0 saturated carbocycles. The number of benzene rings is 2. The van der Waals surface area contributed by atoms with Crippen LogP contribution in [0.1, 0.15) is 0 Å². The van der Waals surface area contributed by atoms with Crippen LogP contribution in [0.2, 0.25) is 0 Å². The van der Waals surface area contributed by atoms with E-state index in [0.29, 0.717) is 5.31 Å². The van der Waals surface area contributed by atoms with Crippen molar-refractivity contribution < 1.29 is 4.57 Å². The Hall–Kier alpha value is -1.85. The first kappa shape index (κ1) is 12.6. The number of allylic oxidation sites excluding steroid dienone is 2. The van der Waals surface area contributed by atoms with Crippen molar-refractivity contribution in [1.29, 1.82) is 0 Å². The Morgan fingerprint density at radius 3 is 1.61 bits per heavy atom. The van der Waals surface area contributed by atoms with E-state index in [1.807, 2.05) is 60.7 Å². The molecule has 0 saturated heterocycles. The lowest BCUT2D eigenvalue weighted by Gasteiger charge is -2.19. The molecular weight excluding hydrogens is 239 g/mol. The molecule has 0 spiro atoms. The van der Waals surface area contributed by atoms with E-state index < -0.39 is 7.14 Å². The minimum absolute atomic E-state index is 0.569. The predicted molar refractivity (Wildman–Crippen MR) is 79.1 cm³/mol. The van der Waals surface area contributed by atoms with E-state index in [1.54, 1.807) is 6.08 Å². The Kier molecular flexibility index (Phi) is 3.64. The normalized spacial score (nSPS) is 10.9. The summed E-state index contributed by atoms with van der Waals surface area (Å²) < 4.78 is 13.4. The first-order chi connectivity index (χ1) is 8.69. The second-order valence-electron chi connectivity index (χ2n) is 3.98. The van der Waals surface area contributed by atoms with Crippen molar-refractivity contribution in [2.75, 3.05) is 0 Å². The standard InChI is InChI=1S/C16H15OP/c1-3-14(2)18(17,15-10-6-4-7-11-15)16-12-8-5-9-13-16/h3-13H,1-2H2. The summed E-state index contributed by atoms with van der Waals surface area (Å²) in [6.45, 7) is 7.62. The molecule has 0 atom stereocenters. The molecule has 0 bridgehead atoms. The van der Waals surface area contributed by atoms with E-state index in [4.69, 9.17) is 0 Å². The quantitative estimate of drug-likeness (QED) is 0.600. The molecule has 2 aromatic rings. The molecule has 0 aliphatic carbocycles. The van der Waals surface area contributed by atoms with Crippen molar-refractivity contribution in [3.8, 4) is 0 Å². The van der Waals surface area contributed by atoms with Crippen molar-refractivity contribution in [3.05, 3.63) is 85.2 Å². The van der Waals surface area contributed by atoms with E-state index in [2.05, 4.69) is 13.2 Å². The highest BCUT2D eigenvalue weighted by atomic mass is 31.2. The van der Waals surface area contributed by atoms with Crippen LogP contribution in [0.5, 0.6) is 0 Å². The van der Waals surface area contributed by atoms with Gasteiger partial charge in [0, 0.05) is 15.9 Å². The maximum absolute atomic E-state index is 13.4. The van der Waals surface area contributed by atoms with Crippen LogP contribution >= 0.6 is 7.14 Å². The van der Waals surface area contributed by atoms with Crippen molar-refractivity contribution in [2.24, 2.45) is 0 Å². The third-order valence-corrected chi connectivity index (χ3v) is 5.92. The van der Waals surface area contributed by atoms with E-state index in [1.165, 1.54) is 0 Å². The molecule has 0 unspecified atom stereocenters. The second kappa shape index (κ2) is 5.20. The average molecular weight is 254 g/mol. The fourth-order valence-corrected chi connectivity index (χ4v) is 4.29. The highest BCUT2D eigenvalue weighted by Crippen LogP contribution is 2.51. The van der Waals surface area contributed by atoms with Crippen LogP contribution in [0.4, 0.5) is 0 Å². The Morgan fingerprint density at radius 2 is 1.28 bits per heavy atom. The molecule has 0 fully saturated rings. The van der Waals surface area contributed by atoms with E-state index in [0.717, 1.165) is 10.6 Å². The van der Waals surface area contributed by atoms with Gasteiger partial charge in [-0.1, -0.05) is 79.9 Å². The van der Waals surface area contributed by atoms with Gasteiger partial charge in [-0.2, -0.15) is 0 Å². The van der Waals surface area contributed by atoms with Crippen molar-refractivity contribution in [1.82, 2.24) is 0 Å². The van der Waals surface area contributed by atoms with E-state index >= 15 is 0 Å². The highest BCUT2D eigenvalue weighted by molar-refractivity contribution is 7.82. The lowest BCUT2D eigenvalue weighted by atomic mass is 10.4. The molecule has 90 valence electrons.